The lowest BCUT2D eigenvalue weighted by Crippen LogP contribution is -2.44. The lowest BCUT2D eigenvalue weighted by Gasteiger charge is -2.53. The molecule has 0 nitrogen and oxygen atoms in total. The zero-order valence-corrected chi connectivity index (χ0v) is 19.8. The first kappa shape index (κ1) is 19.6. The molecule has 10 atom stereocenters. The van der Waals surface area contributed by atoms with Crippen LogP contribution in [-0.2, 0) is 0 Å². The third-order valence-corrected chi connectivity index (χ3v) is 11.4. The first-order chi connectivity index (χ1) is 14.5. The summed E-state index contributed by atoms with van der Waals surface area (Å²) in [5.41, 5.74) is 6.17. The third-order valence-electron chi connectivity index (χ3n) is 11.4. The van der Waals surface area contributed by atoms with Crippen LogP contribution in [0.2, 0.25) is 0 Å². The van der Waals surface area contributed by atoms with Gasteiger partial charge in [-0.15, -0.1) is 0 Å². The molecule has 0 saturated heterocycles. The van der Waals surface area contributed by atoms with E-state index in [1.807, 2.05) is 5.57 Å². The van der Waals surface area contributed by atoms with E-state index in [1.165, 1.54) is 51.4 Å². The van der Waals surface area contributed by atoms with Gasteiger partial charge in [0, 0.05) is 16.7 Å². The third kappa shape index (κ3) is 2.35. The Kier molecular flexibility index (Phi) is 4.25. The zero-order valence-electron chi connectivity index (χ0n) is 19.8. The van der Waals surface area contributed by atoms with Gasteiger partial charge < -0.3 is 0 Å². The van der Waals surface area contributed by atoms with Crippen LogP contribution in [0.3, 0.4) is 0 Å². The van der Waals surface area contributed by atoms with Crippen LogP contribution in [0.5, 0.6) is 0 Å². The average Bonchev–Trinajstić information content (AvgIpc) is 3.53. The minimum atomic E-state index is 0.454. The molecular weight excluding hydrogens is 360 g/mol. The second-order valence-electron chi connectivity index (χ2n) is 12.3. The summed E-state index contributed by atoms with van der Waals surface area (Å²) >= 11 is 0. The molecule has 0 aromatic carbocycles. The van der Waals surface area contributed by atoms with Crippen LogP contribution in [0.1, 0.15) is 79.1 Å². The molecule has 6 aliphatic carbocycles. The van der Waals surface area contributed by atoms with Crippen molar-refractivity contribution in [1.29, 1.82) is 0 Å². The highest BCUT2D eigenvalue weighted by molar-refractivity contribution is 5.61. The summed E-state index contributed by atoms with van der Waals surface area (Å²) in [7, 11) is 0. The van der Waals surface area contributed by atoms with Crippen molar-refractivity contribution in [1.82, 2.24) is 0 Å². The molecule has 0 bridgehead atoms. The molecule has 0 radical (unpaired) electrons. The summed E-state index contributed by atoms with van der Waals surface area (Å²) in [5.74, 6) is 6.77. The summed E-state index contributed by atoms with van der Waals surface area (Å²) in [6.45, 7) is 14.4. The molecule has 6 rings (SSSR count). The largest absolute Gasteiger partial charge is 0.0989 e. The Bertz CT molecular complexity index is 853. The number of rotatable bonds is 3. The van der Waals surface area contributed by atoms with E-state index in [0.717, 1.165) is 41.4 Å². The summed E-state index contributed by atoms with van der Waals surface area (Å²) in [5, 5.41) is 0. The van der Waals surface area contributed by atoms with Crippen molar-refractivity contribution in [2.24, 2.45) is 58.2 Å². The van der Waals surface area contributed by atoms with E-state index >= 15 is 0 Å². The number of fused-ring (bicyclic) bond motifs is 5. The lowest BCUT2D eigenvalue weighted by molar-refractivity contribution is 0.0938. The highest BCUT2D eigenvalue weighted by atomic mass is 14.9. The molecule has 4 saturated carbocycles. The quantitative estimate of drug-likeness (QED) is 0.418. The Morgan fingerprint density at radius 1 is 1.20 bits per heavy atom. The predicted molar refractivity (Wildman–Crippen MR) is 127 cm³/mol. The second kappa shape index (κ2) is 6.49. The van der Waals surface area contributed by atoms with E-state index in [2.05, 4.69) is 58.6 Å². The fourth-order valence-electron chi connectivity index (χ4n) is 9.42. The number of allylic oxidation sites excluding steroid dienone is 7. The molecule has 4 fully saturated rings. The Hall–Kier alpha value is -1.04. The monoisotopic (exact) mass is 402 g/mol. The Morgan fingerprint density at radius 2 is 2.00 bits per heavy atom. The molecule has 0 heteroatoms. The van der Waals surface area contributed by atoms with E-state index in [-0.39, 0.29) is 0 Å². The van der Waals surface area contributed by atoms with Crippen molar-refractivity contribution in [2.75, 3.05) is 0 Å². The fraction of sp³-hybridized carbons (Fsp3) is 0.733. The van der Waals surface area contributed by atoms with Crippen LogP contribution < -0.4 is 0 Å². The SMILES string of the molecule is C=C1C2C3(C=C4C5C=CC=C6CC(CC)CC(CC4C(C)C(CCC)CC3)C65)C12C. The van der Waals surface area contributed by atoms with Crippen LogP contribution in [-0.4, -0.2) is 0 Å². The van der Waals surface area contributed by atoms with Gasteiger partial charge in [-0.3, -0.25) is 0 Å². The Morgan fingerprint density at radius 3 is 2.70 bits per heavy atom. The molecule has 0 aliphatic heterocycles. The van der Waals surface area contributed by atoms with E-state index in [4.69, 9.17) is 0 Å². The summed E-state index contributed by atoms with van der Waals surface area (Å²) in [6.07, 6.45) is 21.8. The van der Waals surface area contributed by atoms with Gasteiger partial charge in [0.15, 0.2) is 0 Å². The maximum absolute atomic E-state index is 4.44. The van der Waals surface area contributed by atoms with Crippen molar-refractivity contribution in [2.45, 2.75) is 79.1 Å². The molecule has 0 amide bonds. The van der Waals surface area contributed by atoms with Crippen molar-refractivity contribution < 1.29 is 0 Å². The standard InChI is InChI=1S/C30H42/c1-6-9-21-12-13-30(28-19(4)29(28,30)5)17-26-24-11-8-10-22-14-20(7-2)15-23(27(22)24)16-25(26)18(21)3/h8,10-11,17-18,20-21,23-25,27-28H,4,6-7,9,12-16H2,1-3,5H3. The smallest absolute Gasteiger partial charge is 0.00560 e. The van der Waals surface area contributed by atoms with Gasteiger partial charge >= 0.3 is 0 Å². The second-order valence-corrected chi connectivity index (χ2v) is 12.3. The Balaban J connectivity index is 1.43. The van der Waals surface area contributed by atoms with Crippen molar-refractivity contribution in [3.8, 4) is 0 Å². The van der Waals surface area contributed by atoms with Crippen LogP contribution in [0, 0.1) is 58.2 Å². The molecule has 162 valence electrons. The molecule has 0 N–H and O–H groups in total. The van der Waals surface area contributed by atoms with Crippen molar-refractivity contribution in [3.63, 3.8) is 0 Å². The van der Waals surface area contributed by atoms with E-state index < -0.39 is 0 Å². The highest BCUT2D eigenvalue weighted by Crippen LogP contribution is 2.93. The summed E-state index contributed by atoms with van der Waals surface area (Å²) in [4.78, 5) is 0. The first-order valence-electron chi connectivity index (χ1n) is 13.2. The van der Waals surface area contributed by atoms with Gasteiger partial charge in [-0.2, -0.15) is 0 Å². The summed E-state index contributed by atoms with van der Waals surface area (Å²) in [6, 6.07) is 0. The zero-order chi connectivity index (χ0) is 20.8. The van der Waals surface area contributed by atoms with Gasteiger partial charge in [0.05, 0.1) is 0 Å². The molecule has 6 aliphatic rings. The topological polar surface area (TPSA) is 0 Å². The van der Waals surface area contributed by atoms with E-state index in [1.54, 1.807) is 11.1 Å². The molecule has 1 spiro atoms. The van der Waals surface area contributed by atoms with Gasteiger partial charge in [-0.05, 0) is 73.5 Å². The highest BCUT2D eigenvalue weighted by Gasteiger charge is 2.87. The van der Waals surface area contributed by atoms with E-state index in [9.17, 15) is 0 Å². The molecule has 30 heavy (non-hydrogen) atoms. The summed E-state index contributed by atoms with van der Waals surface area (Å²) < 4.78 is 0. The minimum absolute atomic E-state index is 0.454. The van der Waals surface area contributed by atoms with Gasteiger partial charge in [-0.25, -0.2) is 0 Å². The molecule has 0 heterocycles. The average molecular weight is 403 g/mol. The van der Waals surface area contributed by atoms with Crippen molar-refractivity contribution >= 4 is 0 Å². The van der Waals surface area contributed by atoms with Crippen LogP contribution in [0.25, 0.3) is 0 Å². The minimum Gasteiger partial charge on any atom is -0.0989 e. The maximum Gasteiger partial charge on any atom is 0.00560 e. The molecule has 10 unspecified atom stereocenters. The molecule has 0 aromatic rings. The van der Waals surface area contributed by atoms with Gasteiger partial charge in [0.2, 0.25) is 0 Å². The van der Waals surface area contributed by atoms with Crippen molar-refractivity contribution in [3.05, 3.63) is 47.6 Å². The lowest BCUT2D eigenvalue weighted by atomic mass is 9.52. The first-order valence-corrected chi connectivity index (χ1v) is 13.2. The number of hydrogen-bond donors (Lipinski definition) is 0. The number of hydrogen-bond acceptors (Lipinski definition) is 0. The van der Waals surface area contributed by atoms with Crippen LogP contribution in [0.15, 0.2) is 47.6 Å². The normalized spacial score (nSPS) is 53.0. The molecular formula is C30H42. The fourth-order valence-corrected chi connectivity index (χ4v) is 9.42. The Labute approximate surface area is 185 Å². The predicted octanol–water partition coefficient (Wildman–Crippen LogP) is 8.14. The van der Waals surface area contributed by atoms with E-state index in [0.29, 0.717) is 16.7 Å². The molecule has 0 aromatic heterocycles. The van der Waals surface area contributed by atoms with Gasteiger partial charge in [0.1, 0.15) is 0 Å². The van der Waals surface area contributed by atoms with Crippen LogP contribution in [0.4, 0.5) is 0 Å². The van der Waals surface area contributed by atoms with Gasteiger partial charge in [0.25, 0.3) is 0 Å². The van der Waals surface area contributed by atoms with Crippen LogP contribution >= 0.6 is 0 Å². The van der Waals surface area contributed by atoms with Gasteiger partial charge in [-0.1, -0.05) is 94.6 Å². The maximum atomic E-state index is 4.44.